The normalized spacial score (nSPS) is 10.1. The molecule has 0 aliphatic carbocycles. The Balaban J connectivity index is 2.55. The molecule has 0 radical (unpaired) electrons. The molecule has 3 nitrogen and oxygen atoms in total. The zero-order valence-electron chi connectivity index (χ0n) is 7.07. The van der Waals surface area contributed by atoms with Gasteiger partial charge in [-0.2, -0.15) is 0 Å². The van der Waals surface area contributed by atoms with Crippen LogP contribution in [0, 0.1) is 10.5 Å². The first-order valence-electron chi connectivity index (χ1n) is 3.91. The van der Waals surface area contributed by atoms with Crippen LogP contribution < -0.4 is 0 Å². The highest BCUT2D eigenvalue weighted by Gasteiger charge is 1.99. The summed E-state index contributed by atoms with van der Waals surface area (Å²) in [6.45, 7) is 0. The van der Waals surface area contributed by atoms with Gasteiger partial charge in [-0.25, -0.2) is 9.37 Å². The van der Waals surface area contributed by atoms with E-state index in [9.17, 15) is 4.39 Å². The molecule has 0 amide bonds. The first-order chi connectivity index (χ1) is 6.75. The molecule has 70 valence electrons. The Hall–Kier alpha value is -1.62. The molecule has 2 rings (SSSR count). The van der Waals surface area contributed by atoms with Crippen molar-refractivity contribution in [3.05, 3.63) is 41.3 Å². The summed E-state index contributed by atoms with van der Waals surface area (Å²) >= 11 is 4.89. The van der Waals surface area contributed by atoms with Gasteiger partial charge in [-0.15, -0.1) is 0 Å². The Morgan fingerprint density at radius 2 is 2.14 bits per heavy atom. The van der Waals surface area contributed by atoms with Gasteiger partial charge in [-0.1, -0.05) is 12.2 Å². The zero-order valence-corrected chi connectivity index (χ0v) is 7.88. The highest BCUT2D eigenvalue weighted by molar-refractivity contribution is 7.71. The van der Waals surface area contributed by atoms with Crippen molar-refractivity contribution >= 4 is 12.2 Å². The fraction of sp³-hybridized carbons (Fsp3) is 0. The number of nitrogens with one attached hydrogen (secondary N) is 1. The molecule has 0 saturated carbocycles. The van der Waals surface area contributed by atoms with Gasteiger partial charge in [0.15, 0.2) is 0 Å². The van der Waals surface area contributed by atoms with Crippen LogP contribution in [0.2, 0.25) is 0 Å². The molecule has 0 unspecified atom stereocenters. The van der Waals surface area contributed by atoms with Crippen molar-refractivity contribution in [2.45, 2.75) is 0 Å². The van der Waals surface area contributed by atoms with E-state index in [1.54, 1.807) is 12.3 Å². The summed E-state index contributed by atoms with van der Waals surface area (Å²) in [6, 6.07) is 3.04. The van der Waals surface area contributed by atoms with E-state index in [4.69, 9.17) is 12.2 Å². The molecular weight excluding hydrogens is 201 g/mol. The van der Waals surface area contributed by atoms with Gasteiger partial charge in [0.1, 0.15) is 10.5 Å². The smallest absolute Gasteiger partial charge is 0.142 e. The molecule has 0 fully saturated rings. The molecule has 2 aromatic heterocycles. The number of aromatic nitrogens is 3. The van der Waals surface area contributed by atoms with Gasteiger partial charge in [-0.05, 0) is 12.1 Å². The molecular formula is C9H6FN3S. The number of hydrogen-bond donors (Lipinski definition) is 1. The Morgan fingerprint density at radius 3 is 2.86 bits per heavy atom. The molecule has 2 heterocycles. The summed E-state index contributed by atoms with van der Waals surface area (Å²) in [4.78, 5) is 10.4. The van der Waals surface area contributed by atoms with Crippen molar-refractivity contribution in [2.24, 2.45) is 0 Å². The van der Waals surface area contributed by atoms with Gasteiger partial charge in [0.25, 0.3) is 0 Å². The van der Waals surface area contributed by atoms with Gasteiger partial charge >= 0.3 is 0 Å². The first-order valence-corrected chi connectivity index (χ1v) is 4.32. The van der Waals surface area contributed by atoms with Crippen LogP contribution in [-0.2, 0) is 0 Å². The van der Waals surface area contributed by atoms with E-state index >= 15 is 0 Å². The lowest BCUT2D eigenvalue weighted by Crippen LogP contribution is -1.87. The quantitative estimate of drug-likeness (QED) is 0.730. The average molecular weight is 207 g/mol. The fourth-order valence-electron chi connectivity index (χ4n) is 1.09. The van der Waals surface area contributed by atoms with Crippen molar-refractivity contribution in [1.82, 2.24) is 15.0 Å². The number of hydrogen-bond acceptors (Lipinski definition) is 3. The molecule has 0 aromatic carbocycles. The Bertz CT molecular complexity index is 509. The predicted octanol–water partition coefficient (Wildman–Crippen LogP) is 2.34. The van der Waals surface area contributed by atoms with Crippen LogP contribution in [0.3, 0.4) is 0 Å². The summed E-state index contributed by atoms with van der Waals surface area (Å²) in [5.41, 5.74) is 1.36. The number of aromatic amines is 1. The second-order valence-electron chi connectivity index (χ2n) is 2.69. The van der Waals surface area contributed by atoms with Crippen molar-refractivity contribution in [3.63, 3.8) is 0 Å². The molecule has 1 N–H and O–H groups in total. The molecule has 0 atom stereocenters. The molecule has 0 bridgehead atoms. The molecule has 5 heteroatoms. The largest absolute Gasteiger partial charge is 0.346 e. The van der Waals surface area contributed by atoms with Gasteiger partial charge in [0.2, 0.25) is 0 Å². The fourth-order valence-corrected chi connectivity index (χ4v) is 1.26. The Labute approximate surface area is 84.7 Å². The first kappa shape index (κ1) is 8.96. The van der Waals surface area contributed by atoms with Crippen LogP contribution >= 0.6 is 12.2 Å². The van der Waals surface area contributed by atoms with Crippen LogP contribution in [0.5, 0.6) is 0 Å². The van der Waals surface area contributed by atoms with E-state index in [1.165, 1.54) is 12.4 Å². The summed E-state index contributed by atoms with van der Waals surface area (Å²) in [5.74, 6) is -0.376. The Kier molecular flexibility index (Phi) is 2.32. The second kappa shape index (κ2) is 3.63. The zero-order chi connectivity index (χ0) is 9.97. The summed E-state index contributed by atoms with van der Waals surface area (Å²) in [7, 11) is 0. The highest BCUT2D eigenvalue weighted by Crippen LogP contribution is 2.15. The molecule has 0 saturated heterocycles. The van der Waals surface area contributed by atoms with Crippen molar-refractivity contribution < 1.29 is 4.39 Å². The summed E-state index contributed by atoms with van der Waals surface area (Å²) in [5, 5.41) is 0. The van der Waals surface area contributed by atoms with Crippen molar-refractivity contribution in [3.8, 4) is 11.3 Å². The number of nitrogens with zero attached hydrogens (tertiary/aromatic N) is 2. The number of pyridine rings is 1. The third-order valence-corrected chi connectivity index (χ3v) is 1.92. The van der Waals surface area contributed by atoms with Crippen LogP contribution in [0.4, 0.5) is 4.39 Å². The monoisotopic (exact) mass is 207 g/mol. The van der Waals surface area contributed by atoms with Crippen LogP contribution in [-0.4, -0.2) is 15.0 Å². The highest BCUT2D eigenvalue weighted by atomic mass is 32.1. The lowest BCUT2D eigenvalue weighted by atomic mass is 10.2. The average Bonchev–Trinajstić information content (AvgIpc) is 2.18. The molecule has 0 aliphatic heterocycles. The van der Waals surface area contributed by atoms with E-state index in [0.717, 1.165) is 6.20 Å². The standard InChI is InChI=1S/C9H6FN3S/c10-7-1-6(3-11-4-7)8-2-9(14)13-5-12-8/h1-5H,(H,12,13,14). The van der Waals surface area contributed by atoms with E-state index in [2.05, 4.69) is 15.0 Å². The Morgan fingerprint density at radius 1 is 1.29 bits per heavy atom. The van der Waals surface area contributed by atoms with Gasteiger partial charge in [0, 0.05) is 11.8 Å². The van der Waals surface area contributed by atoms with Crippen LogP contribution in [0.25, 0.3) is 11.3 Å². The van der Waals surface area contributed by atoms with Crippen LogP contribution in [0.1, 0.15) is 0 Å². The number of H-pyrrole nitrogens is 1. The number of halogens is 1. The lowest BCUT2D eigenvalue weighted by molar-refractivity contribution is 0.622. The lowest BCUT2D eigenvalue weighted by Gasteiger charge is -1.99. The van der Waals surface area contributed by atoms with E-state index in [-0.39, 0.29) is 5.82 Å². The minimum Gasteiger partial charge on any atom is -0.346 e. The second-order valence-corrected chi connectivity index (χ2v) is 3.11. The molecule has 2 aromatic rings. The topological polar surface area (TPSA) is 41.6 Å². The van der Waals surface area contributed by atoms with E-state index < -0.39 is 0 Å². The maximum atomic E-state index is 12.8. The third kappa shape index (κ3) is 1.82. The maximum Gasteiger partial charge on any atom is 0.142 e. The predicted molar refractivity (Wildman–Crippen MR) is 52.6 cm³/mol. The van der Waals surface area contributed by atoms with Gasteiger partial charge < -0.3 is 4.98 Å². The van der Waals surface area contributed by atoms with E-state index in [1.807, 2.05) is 0 Å². The minimum absolute atomic E-state index is 0.376. The molecule has 0 aliphatic rings. The third-order valence-electron chi connectivity index (χ3n) is 1.70. The van der Waals surface area contributed by atoms with Crippen LogP contribution in [0.15, 0.2) is 30.9 Å². The summed E-state index contributed by atoms with van der Waals surface area (Å²) < 4.78 is 13.3. The summed E-state index contributed by atoms with van der Waals surface area (Å²) in [6.07, 6.45) is 4.19. The van der Waals surface area contributed by atoms with Gasteiger partial charge in [0.05, 0.1) is 18.2 Å². The van der Waals surface area contributed by atoms with Gasteiger partial charge in [-0.3, -0.25) is 4.98 Å². The molecule has 14 heavy (non-hydrogen) atoms. The van der Waals surface area contributed by atoms with E-state index in [0.29, 0.717) is 15.9 Å². The maximum absolute atomic E-state index is 12.8. The SMILES string of the molecule is Fc1cncc(-c2cc(=S)nc[nH]2)c1. The molecule has 0 spiro atoms. The van der Waals surface area contributed by atoms with Crippen molar-refractivity contribution in [1.29, 1.82) is 0 Å². The van der Waals surface area contributed by atoms with Crippen molar-refractivity contribution in [2.75, 3.05) is 0 Å². The minimum atomic E-state index is -0.376. The number of rotatable bonds is 1.